The summed E-state index contributed by atoms with van der Waals surface area (Å²) in [5, 5.41) is 17.7. The third kappa shape index (κ3) is 8.48. The highest BCUT2D eigenvalue weighted by atomic mass is 16.7. The molecule has 2 aliphatic rings. The van der Waals surface area contributed by atoms with Crippen LogP contribution in [-0.2, 0) is 28.5 Å². The van der Waals surface area contributed by atoms with Crippen LogP contribution in [0, 0.1) is 11.8 Å². The summed E-state index contributed by atoms with van der Waals surface area (Å²) in [6.07, 6.45) is 1.89. The van der Waals surface area contributed by atoms with E-state index in [4.69, 9.17) is 18.9 Å². The van der Waals surface area contributed by atoms with Crippen molar-refractivity contribution >= 4 is 11.9 Å². The maximum absolute atomic E-state index is 13.1. The van der Waals surface area contributed by atoms with Crippen LogP contribution in [0.3, 0.4) is 0 Å². The highest BCUT2D eigenvalue weighted by Crippen LogP contribution is 2.36. The van der Waals surface area contributed by atoms with Gasteiger partial charge in [-0.3, -0.25) is 9.59 Å². The first kappa shape index (κ1) is 31.7. The highest BCUT2D eigenvalue weighted by molar-refractivity contribution is 5.76. The molecule has 2 rings (SSSR count). The van der Waals surface area contributed by atoms with Crippen LogP contribution >= 0.6 is 0 Å². The molecule has 0 spiro atoms. The predicted octanol–water partition coefficient (Wildman–Crippen LogP) is 3.09. The Hall–Kier alpha value is -1.52. The van der Waals surface area contributed by atoms with Crippen LogP contribution in [-0.4, -0.2) is 79.5 Å². The monoisotopic (exact) mass is 526 g/mol. The lowest BCUT2D eigenvalue weighted by molar-refractivity contribution is -0.266. The van der Waals surface area contributed by atoms with Crippen LogP contribution in [0.2, 0.25) is 0 Å². The van der Waals surface area contributed by atoms with Crippen LogP contribution < -0.4 is 10.6 Å². The van der Waals surface area contributed by atoms with Gasteiger partial charge >= 0.3 is 5.97 Å². The highest BCUT2D eigenvalue weighted by Gasteiger charge is 2.46. The summed E-state index contributed by atoms with van der Waals surface area (Å²) < 4.78 is 24.5. The van der Waals surface area contributed by atoms with E-state index in [1.807, 2.05) is 54.7 Å². The number of ether oxygens (including phenoxy) is 4. The topological polar surface area (TPSA) is 115 Å². The molecule has 0 aliphatic carbocycles. The Morgan fingerprint density at radius 2 is 1.89 bits per heavy atom. The van der Waals surface area contributed by atoms with Gasteiger partial charge < -0.3 is 34.7 Å². The fraction of sp³-hybridized carbons (Fsp3) is 0.857. The van der Waals surface area contributed by atoms with Gasteiger partial charge in [0.15, 0.2) is 6.29 Å². The van der Waals surface area contributed by atoms with Gasteiger partial charge in [0.25, 0.3) is 0 Å². The Kier molecular flexibility index (Phi) is 12.0. The average Bonchev–Trinajstić information content (AvgIpc) is 2.86. The molecular formula is C28H50N2O7. The number of cyclic esters (lactones) is 1. The lowest BCUT2D eigenvalue weighted by Crippen LogP contribution is -2.55. The molecular weight excluding hydrogens is 476 g/mol. The zero-order valence-electron chi connectivity index (χ0n) is 24.2. The Labute approximate surface area is 223 Å². The largest absolute Gasteiger partial charge is 0.458 e. The molecule has 10 atom stereocenters. The molecule has 3 N–H and O–H groups in total. The molecule has 2 aliphatic heterocycles. The van der Waals surface area contributed by atoms with Crippen molar-refractivity contribution in [3.63, 3.8) is 0 Å². The molecule has 0 radical (unpaired) electrons. The molecule has 1 fully saturated rings. The van der Waals surface area contributed by atoms with Gasteiger partial charge in [0.1, 0.15) is 6.10 Å². The quantitative estimate of drug-likeness (QED) is 0.370. The summed E-state index contributed by atoms with van der Waals surface area (Å²) in [5.41, 5.74) is -0.0688. The van der Waals surface area contributed by atoms with E-state index in [-0.39, 0.29) is 30.5 Å². The third-order valence-electron chi connectivity index (χ3n) is 8.04. The average molecular weight is 527 g/mol. The van der Waals surface area contributed by atoms with E-state index in [9.17, 15) is 14.7 Å². The van der Waals surface area contributed by atoms with Crippen molar-refractivity contribution in [1.82, 2.24) is 10.6 Å². The van der Waals surface area contributed by atoms with Gasteiger partial charge in [-0.05, 0) is 66.5 Å². The summed E-state index contributed by atoms with van der Waals surface area (Å²) in [6, 6.07) is -0.00306. The Morgan fingerprint density at radius 3 is 2.49 bits per heavy atom. The van der Waals surface area contributed by atoms with Crippen LogP contribution in [0.4, 0.5) is 0 Å². The smallest absolute Gasteiger partial charge is 0.311 e. The van der Waals surface area contributed by atoms with Crippen LogP contribution in [0.25, 0.3) is 0 Å². The molecule has 1 saturated heterocycles. The number of hydrogen-bond donors (Lipinski definition) is 3. The summed E-state index contributed by atoms with van der Waals surface area (Å²) in [6.45, 7) is 13.1. The summed E-state index contributed by atoms with van der Waals surface area (Å²) in [7, 11) is 3.50. The van der Waals surface area contributed by atoms with Gasteiger partial charge in [-0.25, -0.2) is 0 Å². The van der Waals surface area contributed by atoms with E-state index in [2.05, 4.69) is 10.6 Å². The molecule has 0 aromatic carbocycles. The van der Waals surface area contributed by atoms with Gasteiger partial charge in [-0.1, -0.05) is 19.9 Å². The first-order valence-electron chi connectivity index (χ1n) is 13.7. The Balaban J connectivity index is 2.43. The van der Waals surface area contributed by atoms with E-state index in [0.29, 0.717) is 19.3 Å². The second-order valence-electron chi connectivity index (χ2n) is 11.1. The summed E-state index contributed by atoms with van der Waals surface area (Å²) >= 11 is 0. The summed E-state index contributed by atoms with van der Waals surface area (Å²) in [4.78, 5) is 26.0. The SMILES string of the molecule is CC[C@H]1OC(=O)C(C)[C@@H](O)[C@H](C)[C@@H](OC2CC(NC)CC(C)O2)[C@](C)(OC)CCC(=O)NC(C)/C=C/1C. The number of aliphatic hydroxyl groups is 1. The van der Waals surface area contributed by atoms with Crippen molar-refractivity contribution in [1.29, 1.82) is 0 Å². The second-order valence-corrected chi connectivity index (χ2v) is 11.1. The van der Waals surface area contributed by atoms with Gasteiger partial charge in [-0.2, -0.15) is 0 Å². The fourth-order valence-electron chi connectivity index (χ4n) is 5.52. The molecule has 0 aromatic rings. The molecule has 9 nitrogen and oxygen atoms in total. The number of hydrogen-bond acceptors (Lipinski definition) is 8. The zero-order valence-corrected chi connectivity index (χ0v) is 24.2. The first-order valence-corrected chi connectivity index (χ1v) is 13.7. The van der Waals surface area contributed by atoms with E-state index < -0.39 is 48.0 Å². The molecule has 2 heterocycles. The van der Waals surface area contributed by atoms with Gasteiger partial charge in [0, 0.05) is 38.0 Å². The van der Waals surface area contributed by atoms with Crippen LogP contribution in [0.15, 0.2) is 11.6 Å². The Bertz CT molecular complexity index is 790. The second kappa shape index (κ2) is 14.0. The lowest BCUT2D eigenvalue weighted by atomic mass is 9.79. The molecule has 1 amide bonds. The van der Waals surface area contributed by atoms with Gasteiger partial charge in [0.2, 0.25) is 5.91 Å². The standard InChI is InChI=1S/C28H50N2O7/c1-10-22-16(2)13-17(3)30-23(31)11-12-28(7,34-9)26(19(5)25(32)20(6)27(33)36-22)37-24-15-21(29-8)14-18(4)35-24/h13,17-22,24-26,29,32H,10-12,14-15H2,1-9H3,(H,30,31)/b16-13+/t17?,18?,19-,20?,21?,22+,24?,25-,26+,28+/m0/s1. The first-order chi connectivity index (χ1) is 17.3. The Morgan fingerprint density at radius 1 is 1.22 bits per heavy atom. The van der Waals surface area contributed by atoms with Gasteiger partial charge in [-0.15, -0.1) is 0 Å². The normalized spacial score (nSPS) is 42.5. The fourth-order valence-corrected chi connectivity index (χ4v) is 5.52. The number of nitrogens with one attached hydrogen (secondary N) is 2. The number of carbonyl (C=O) groups is 2. The number of carbonyl (C=O) groups excluding carboxylic acids is 2. The lowest BCUT2D eigenvalue weighted by Gasteiger charge is -2.45. The van der Waals surface area contributed by atoms with E-state index in [0.717, 1.165) is 12.0 Å². The zero-order chi connectivity index (χ0) is 27.9. The number of rotatable bonds is 5. The number of amides is 1. The molecule has 5 unspecified atom stereocenters. The van der Waals surface area contributed by atoms with Crippen molar-refractivity contribution in [3.8, 4) is 0 Å². The number of esters is 1. The predicted molar refractivity (Wildman–Crippen MR) is 142 cm³/mol. The molecule has 0 bridgehead atoms. The molecule has 9 heteroatoms. The van der Waals surface area contributed by atoms with E-state index >= 15 is 0 Å². The summed E-state index contributed by atoms with van der Waals surface area (Å²) in [5.74, 6) is -1.90. The van der Waals surface area contributed by atoms with Crippen molar-refractivity contribution in [2.24, 2.45) is 11.8 Å². The van der Waals surface area contributed by atoms with Crippen LogP contribution in [0.5, 0.6) is 0 Å². The minimum Gasteiger partial charge on any atom is -0.458 e. The molecule has 214 valence electrons. The van der Waals surface area contributed by atoms with Gasteiger partial charge in [0.05, 0.1) is 29.8 Å². The minimum absolute atomic E-state index is 0.00428. The van der Waals surface area contributed by atoms with Crippen molar-refractivity contribution in [2.75, 3.05) is 14.2 Å². The van der Waals surface area contributed by atoms with Crippen molar-refractivity contribution < 1.29 is 33.6 Å². The molecule has 0 aromatic heterocycles. The van der Waals surface area contributed by atoms with E-state index in [1.54, 1.807) is 14.0 Å². The third-order valence-corrected chi connectivity index (χ3v) is 8.04. The maximum atomic E-state index is 13.1. The van der Waals surface area contributed by atoms with E-state index in [1.165, 1.54) is 0 Å². The van der Waals surface area contributed by atoms with Crippen LogP contribution in [0.1, 0.15) is 80.6 Å². The molecule has 37 heavy (non-hydrogen) atoms. The molecule has 0 saturated carbocycles. The minimum atomic E-state index is -1.06. The number of aliphatic hydroxyl groups excluding tert-OH is 1. The van der Waals surface area contributed by atoms with Crippen molar-refractivity contribution in [3.05, 3.63) is 11.6 Å². The van der Waals surface area contributed by atoms with Crippen molar-refractivity contribution in [2.45, 2.75) is 129 Å². The maximum Gasteiger partial charge on any atom is 0.311 e. The number of methoxy groups -OCH3 is 1.